The Labute approximate surface area is 126 Å². The van der Waals surface area contributed by atoms with Crippen LogP contribution >= 0.6 is 0 Å². The molecule has 0 aliphatic carbocycles. The number of benzene rings is 2. The van der Waals surface area contributed by atoms with Gasteiger partial charge in [-0.3, -0.25) is 4.79 Å². The fourth-order valence-electron chi connectivity index (χ4n) is 2.22. The standard InChI is InChI=1S/C18H22N2O/c1-13-3-4-14(2)17(9-13)10-18(21)20-12-16-7-5-15(11-19)6-8-16/h3-9H,10-12,19H2,1-2H3,(H,20,21). The van der Waals surface area contributed by atoms with Crippen LogP contribution in [0.4, 0.5) is 0 Å². The van der Waals surface area contributed by atoms with Crippen molar-refractivity contribution in [2.24, 2.45) is 5.73 Å². The summed E-state index contributed by atoms with van der Waals surface area (Å²) in [5, 5.41) is 2.96. The molecule has 0 aliphatic heterocycles. The Bertz CT molecular complexity index is 618. The topological polar surface area (TPSA) is 55.1 Å². The first-order valence-electron chi connectivity index (χ1n) is 7.19. The Morgan fingerprint density at radius 2 is 1.71 bits per heavy atom. The van der Waals surface area contributed by atoms with Gasteiger partial charge in [0, 0.05) is 13.1 Å². The molecule has 2 aromatic rings. The third kappa shape index (κ3) is 4.43. The molecule has 0 unspecified atom stereocenters. The lowest BCUT2D eigenvalue weighted by atomic mass is 10.0. The van der Waals surface area contributed by atoms with Crippen molar-refractivity contribution in [1.82, 2.24) is 5.32 Å². The van der Waals surface area contributed by atoms with Crippen molar-refractivity contribution in [3.63, 3.8) is 0 Å². The van der Waals surface area contributed by atoms with Crippen LogP contribution in [0.5, 0.6) is 0 Å². The zero-order valence-corrected chi connectivity index (χ0v) is 12.6. The number of hydrogen-bond donors (Lipinski definition) is 2. The first-order valence-corrected chi connectivity index (χ1v) is 7.19. The lowest BCUT2D eigenvalue weighted by molar-refractivity contribution is -0.120. The van der Waals surface area contributed by atoms with Crippen LogP contribution in [0.25, 0.3) is 0 Å². The molecule has 0 heterocycles. The van der Waals surface area contributed by atoms with Crippen molar-refractivity contribution in [2.45, 2.75) is 33.4 Å². The lowest BCUT2D eigenvalue weighted by Crippen LogP contribution is -2.24. The SMILES string of the molecule is Cc1ccc(C)c(CC(=O)NCc2ccc(CN)cc2)c1. The van der Waals surface area contributed by atoms with Gasteiger partial charge in [0.25, 0.3) is 0 Å². The number of nitrogens with one attached hydrogen (secondary N) is 1. The fraction of sp³-hybridized carbons (Fsp3) is 0.278. The number of carbonyl (C=O) groups is 1. The smallest absolute Gasteiger partial charge is 0.224 e. The Kier molecular flexibility index (Phi) is 5.12. The van der Waals surface area contributed by atoms with Crippen molar-refractivity contribution in [1.29, 1.82) is 0 Å². The van der Waals surface area contributed by atoms with Gasteiger partial charge < -0.3 is 11.1 Å². The highest BCUT2D eigenvalue weighted by molar-refractivity contribution is 5.79. The van der Waals surface area contributed by atoms with Crippen LogP contribution in [-0.4, -0.2) is 5.91 Å². The molecule has 0 radical (unpaired) electrons. The molecule has 2 rings (SSSR count). The van der Waals surface area contributed by atoms with E-state index in [2.05, 4.69) is 23.5 Å². The molecule has 1 amide bonds. The van der Waals surface area contributed by atoms with E-state index in [1.807, 2.05) is 38.1 Å². The molecule has 2 aromatic carbocycles. The number of rotatable bonds is 5. The van der Waals surface area contributed by atoms with E-state index in [1.54, 1.807) is 0 Å². The van der Waals surface area contributed by atoms with E-state index in [0.29, 0.717) is 19.5 Å². The van der Waals surface area contributed by atoms with E-state index in [1.165, 1.54) is 5.56 Å². The summed E-state index contributed by atoms with van der Waals surface area (Å²) in [5.74, 6) is 0.0478. The molecular weight excluding hydrogens is 260 g/mol. The van der Waals surface area contributed by atoms with Crippen LogP contribution in [0.3, 0.4) is 0 Å². The number of amides is 1. The van der Waals surface area contributed by atoms with Gasteiger partial charge in [0.05, 0.1) is 6.42 Å². The predicted octanol–water partition coefficient (Wildman–Crippen LogP) is 2.62. The number of aryl methyl sites for hydroxylation is 2. The normalized spacial score (nSPS) is 10.4. The molecule has 21 heavy (non-hydrogen) atoms. The predicted molar refractivity (Wildman–Crippen MR) is 85.8 cm³/mol. The van der Waals surface area contributed by atoms with Gasteiger partial charge in [-0.05, 0) is 36.1 Å². The van der Waals surface area contributed by atoms with Crippen LogP contribution in [0.15, 0.2) is 42.5 Å². The summed E-state index contributed by atoms with van der Waals surface area (Å²) in [7, 11) is 0. The van der Waals surface area contributed by atoms with Crippen molar-refractivity contribution in [3.8, 4) is 0 Å². The summed E-state index contributed by atoms with van der Waals surface area (Å²) < 4.78 is 0. The molecule has 0 bridgehead atoms. The summed E-state index contributed by atoms with van der Waals surface area (Å²) in [5.41, 5.74) is 11.2. The summed E-state index contributed by atoms with van der Waals surface area (Å²) in [6.07, 6.45) is 0.425. The summed E-state index contributed by atoms with van der Waals surface area (Å²) in [6.45, 7) is 5.17. The van der Waals surface area contributed by atoms with Gasteiger partial charge >= 0.3 is 0 Å². The summed E-state index contributed by atoms with van der Waals surface area (Å²) in [6, 6.07) is 14.2. The average molecular weight is 282 g/mol. The van der Waals surface area contributed by atoms with Gasteiger partial charge in [-0.1, -0.05) is 48.0 Å². The van der Waals surface area contributed by atoms with Gasteiger partial charge in [0.15, 0.2) is 0 Å². The zero-order valence-electron chi connectivity index (χ0n) is 12.6. The molecule has 3 heteroatoms. The monoisotopic (exact) mass is 282 g/mol. The Morgan fingerprint density at radius 3 is 2.38 bits per heavy atom. The first kappa shape index (κ1) is 15.3. The third-order valence-corrected chi connectivity index (χ3v) is 3.60. The molecule has 0 saturated carbocycles. The van der Waals surface area contributed by atoms with Gasteiger partial charge in [-0.15, -0.1) is 0 Å². The second kappa shape index (κ2) is 7.04. The summed E-state index contributed by atoms with van der Waals surface area (Å²) in [4.78, 5) is 12.0. The molecule has 110 valence electrons. The number of nitrogens with two attached hydrogens (primary N) is 1. The molecule has 0 atom stereocenters. The second-order valence-electron chi connectivity index (χ2n) is 5.40. The van der Waals surface area contributed by atoms with Crippen molar-refractivity contribution < 1.29 is 4.79 Å². The molecule has 3 N–H and O–H groups in total. The van der Waals surface area contributed by atoms with Crippen molar-refractivity contribution >= 4 is 5.91 Å². The first-order chi connectivity index (χ1) is 10.1. The molecular formula is C18H22N2O. The zero-order chi connectivity index (χ0) is 15.2. The van der Waals surface area contributed by atoms with E-state index >= 15 is 0 Å². The summed E-state index contributed by atoms with van der Waals surface area (Å²) >= 11 is 0. The highest BCUT2D eigenvalue weighted by Gasteiger charge is 2.06. The van der Waals surface area contributed by atoms with Crippen LogP contribution in [-0.2, 0) is 24.3 Å². The molecule has 0 fully saturated rings. The minimum atomic E-state index is 0.0478. The molecule has 0 aliphatic rings. The van der Waals surface area contributed by atoms with Crippen LogP contribution < -0.4 is 11.1 Å². The van der Waals surface area contributed by atoms with E-state index in [0.717, 1.165) is 22.3 Å². The maximum atomic E-state index is 12.0. The fourth-order valence-corrected chi connectivity index (χ4v) is 2.22. The van der Waals surface area contributed by atoms with Crippen LogP contribution in [0, 0.1) is 13.8 Å². The number of carbonyl (C=O) groups excluding carboxylic acids is 1. The highest BCUT2D eigenvalue weighted by atomic mass is 16.1. The maximum Gasteiger partial charge on any atom is 0.224 e. The maximum absolute atomic E-state index is 12.0. The average Bonchev–Trinajstić information content (AvgIpc) is 2.49. The van der Waals surface area contributed by atoms with Gasteiger partial charge in [0.1, 0.15) is 0 Å². The highest BCUT2D eigenvalue weighted by Crippen LogP contribution is 2.11. The minimum absolute atomic E-state index is 0.0478. The van der Waals surface area contributed by atoms with Crippen LogP contribution in [0.2, 0.25) is 0 Å². The lowest BCUT2D eigenvalue weighted by Gasteiger charge is -2.09. The van der Waals surface area contributed by atoms with Crippen molar-refractivity contribution in [2.75, 3.05) is 0 Å². The van der Waals surface area contributed by atoms with Gasteiger partial charge in [-0.25, -0.2) is 0 Å². The van der Waals surface area contributed by atoms with E-state index in [4.69, 9.17) is 5.73 Å². The van der Waals surface area contributed by atoms with E-state index < -0.39 is 0 Å². The molecule has 3 nitrogen and oxygen atoms in total. The number of hydrogen-bond acceptors (Lipinski definition) is 2. The quantitative estimate of drug-likeness (QED) is 0.885. The Balaban J connectivity index is 1.91. The Hall–Kier alpha value is -2.13. The van der Waals surface area contributed by atoms with Crippen molar-refractivity contribution in [3.05, 3.63) is 70.3 Å². The molecule has 0 saturated heterocycles. The molecule has 0 spiro atoms. The molecule has 0 aromatic heterocycles. The third-order valence-electron chi connectivity index (χ3n) is 3.60. The van der Waals surface area contributed by atoms with Gasteiger partial charge in [0.2, 0.25) is 5.91 Å². The van der Waals surface area contributed by atoms with E-state index in [-0.39, 0.29) is 5.91 Å². The minimum Gasteiger partial charge on any atom is -0.352 e. The van der Waals surface area contributed by atoms with E-state index in [9.17, 15) is 4.79 Å². The largest absolute Gasteiger partial charge is 0.352 e. The van der Waals surface area contributed by atoms with Crippen LogP contribution in [0.1, 0.15) is 27.8 Å². The second-order valence-corrected chi connectivity index (χ2v) is 5.40. The van der Waals surface area contributed by atoms with Gasteiger partial charge in [-0.2, -0.15) is 0 Å². The Morgan fingerprint density at radius 1 is 1.05 bits per heavy atom.